The Bertz CT molecular complexity index is 457. The third kappa shape index (κ3) is 1.06. The van der Waals surface area contributed by atoms with Crippen LogP contribution >= 0.6 is 0 Å². The average Bonchev–Trinajstić information content (AvgIpc) is 2.69. The predicted octanol–water partition coefficient (Wildman–Crippen LogP) is 2.59. The van der Waals surface area contributed by atoms with Gasteiger partial charge in [-0.3, -0.25) is 9.69 Å². The van der Waals surface area contributed by atoms with Crippen molar-refractivity contribution in [3.63, 3.8) is 0 Å². The Hall–Kier alpha value is -1.51. The van der Waals surface area contributed by atoms with Crippen molar-refractivity contribution in [2.24, 2.45) is 5.92 Å². The lowest BCUT2D eigenvalue weighted by Crippen LogP contribution is -2.44. The van der Waals surface area contributed by atoms with Crippen LogP contribution in [0.1, 0.15) is 26.7 Å². The summed E-state index contributed by atoms with van der Waals surface area (Å²) in [6.45, 7) is 4.19. The van der Waals surface area contributed by atoms with Crippen LogP contribution in [0.4, 0.5) is 11.4 Å². The molecule has 2 atom stereocenters. The first-order valence-corrected chi connectivity index (χ1v) is 5.87. The SMILES string of the molecule is CC[C@@H]1C[C@]2(C)Nc3ccccc3N2C1=O. The molecule has 1 fully saturated rings. The predicted molar refractivity (Wildman–Crippen MR) is 64.4 cm³/mol. The number of nitrogens with one attached hydrogen (secondary N) is 1. The van der Waals surface area contributed by atoms with Gasteiger partial charge in [-0.25, -0.2) is 0 Å². The first-order valence-electron chi connectivity index (χ1n) is 5.87. The first kappa shape index (κ1) is 9.70. The summed E-state index contributed by atoms with van der Waals surface area (Å²) in [5, 5.41) is 3.47. The Morgan fingerprint density at radius 2 is 2.25 bits per heavy atom. The fraction of sp³-hybridized carbons (Fsp3) is 0.462. The van der Waals surface area contributed by atoms with E-state index in [0.29, 0.717) is 0 Å². The lowest BCUT2D eigenvalue weighted by molar-refractivity contribution is -0.120. The standard InChI is InChI=1S/C13H16N2O/c1-3-9-8-13(2)14-10-6-4-5-7-11(10)15(13)12(9)16/h4-7,9,14H,3,8H2,1-2H3/t9-,13-/m1/s1. The fourth-order valence-electron chi connectivity index (χ4n) is 2.96. The molecular formula is C13H16N2O. The molecule has 1 aromatic carbocycles. The molecule has 0 aliphatic carbocycles. The molecule has 2 aliphatic heterocycles. The van der Waals surface area contributed by atoms with Gasteiger partial charge in [0.15, 0.2) is 0 Å². The van der Waals surface area contributed by atoms with Gasteiger partial charge >= 0.3 is 0 Å². The zero-order valence-corrected chi connectivity index (χ0v) is 9.66. The molecule has 0 unspecified atom stereocenters. The van der Waals surface area contributed by atoms with E-state index in [2.05, 4.69) is 19.2 Å². The maximum absolute atomic E-state index is 12.3. The molecule has 16 heavy (non-hydrogen) atoms. The third-order valence-electron chi connectivity index (χ3n) is 3.75. The van der Waals surface area contributed by atoms with E-state index in [0.717, 1.165) is 24.2 Å². The summed E-state index contributed by atoms with van der Waals surface area (Å²) in [6.07, 6.45) is 1.83. The highest BCUT2D eigenvalue weighted by Gasteiger charge is 2.52. The van der Waals surface area contributed by atoms with Crippen molar-refractivity contribution in [3.05, 3.63) is 24.3 Å². The second-order valence-electron chi connectivity index (χ2n) is 4.90. The Kier molecular flexibility index (Phi) is 1.82. The molecule has 3 rings (SSSR count). The zero-order valence-electron chi connectivity index (χ0n) is 9.66. The Labute approximate surface area is 95.4 Å². The Morgan fingerprint density at radius 1 is 1.50 bits per heavy atom. The van der Waals surface area contributed by atoms with E-state index in [-0.39, 0.29) is 17.5 Å². The minimum absolute atomic E-state index is 0.172. The van der Waals surface area contributed by atoms with E-state index in [1.807, 2.05) is 29.2 Å². The second-order valence-corrected chi connectivity index (χ2v) is 4.90. The second kappa shape index (κ2) is 3.00. The minimum Gasteiger partial charge on any atom is -0.361 e. The zero-order chi connectivity index (χ0) is 11.3. The molecule has 0 bridgehead atoms. The van der Waals surface area contributed by atoms with Crippen molar-refractivity contribution >= 4 is 17.3 Å². The normalized spacial score (nSPS) is 31.2. The summed E-state index contributed by atoms with van der Waals surface area (Å²) < 4.78 is 0. The van der Waals surface area contributed by atoms with Crippen molar-refractivity contribution in [1.82, 2.24) is 0 Å². The molecule has 0 saturated carbocycles. The fourth-order valence-corrected chi connectivity index (χ4v) is 2.96. The van der Waals surface area contributed by atoms with Gasteiger partial charge in [0.05, 0.1) is 11.4 Å². The molecule has 84 valence electrons. The maximum atomic E-state index is 12.3. The van der Waals surface area contributed by atoms with Crippen molar-refractivity contribution in [1.29, 1.82) is 0 Å². The van der Waals surface area contributed by atoms with Crippen molar-refractivity contribution in [2.75, 3.05) is 10.2 Å². The van der Waals surface area contributed by atoms with E-state index < -0.39 is 0 Å². The minimum atomic E-state index is -0.207. The van der Waals surface area contributed by atoms with Crippen LogP contribution in [-0.2, 0) is 4.79 Å². The molecular weight excluding hydrogens is 200 g/mol. The smallest absolute Gasteiger partial charge is 0.232 e. The van der Waals surface area contributed by atoms with Crippen LogP contribution < -0.4 is 10.2 Å². The summed E-state index contributed by atoms with van der Waals surface area (Å²) >= 11 is 0. The lowest BCUT2D eigenvalue weighted by atomic mass is 9.99. The molecule has 2 aliphatic rings. The van der Waals surface area contributed by atoms with Crippen LogP contribution in [0.3, 0.4) is 0 Å². The van der Waals surface area contributed by atoms with Gasteiger partial charge in [0.2, 0.25) is 5.91 Å². The third-order valence-corrected chi connectivity index (χ3v) is 3.75. The van der Waals surface area contributed by atoms with Crippen LogP contribution in [0.2, 0.25) is 0 Å². The van der Waals surface area contributed by atoms with Crippen LogP contribution in [0.25, 0.3) is 0 Å². The Morgan fingerprint density at radius 3 is 3.00 bits per heavy atom. The molecule has 1 amide bonds. The Balaban J connectivity index is 2.09. The molecule has 1 saturated heterocycles. The number of fused-ring (bicyclic) bond motifs is 3. The molecule has 0 aromatic heterocycles. The average molecular weight is 216 g/mol. The highest BCUT2D eigenvalue weighted by molar-refractivity contribution is 6.05. The van der Waals surface area contributed by atoms with Gasteiger partial charge in [0.1, 0.15) is 5.66 Å². The van der Waals surface area contributed by atoms with Gasteiger partial charge < -0.3 is 5.32 Å². The first-order chi connectivity index (χ1) is 7.65. The van der Waals surface area contributed by atoms with Gasteiger partial charge in [-0.1, -0.05) is 19.1 Å². The summed E-state index contributed by atoms with van der Waals surface area (Å²) in [6, 6.07) is 8.04. The summed E-state index contributed by atoms with van der Waals surface area (Å²) in [4.78, 5) is 14.2. The highest BCUT2D eigenvalue weighted by Crippen LogP contribution is 2.48. The molecule has 1 N–H and O–H groups in total. The quantitative estimate of drug-likeness (QED) is 0.782. The number of hydrogen-bond donors (Lipinski definition) is 1. The van der Waals surface area contributed by atoms with Crippen LogP contribution in [-0.4, -0.2) is 11.6 Å². The number of nitrogens with zero attached hydrogens (tertiary/aromatic N) is 1. The molecule has 2 heterocycles. The molecule has 0 radical (unpaired) electrons. The number of para-hydroxylation sites is 2. The molecule has 3 heteroatoms. The van der Waals surface area contributed by atoms with E-state index >= 15 is 0 Å². The van der Waals surface area contributed by atoms with E-state index in [1.165, 1.54) is 0 Å². The topological polar surface area (TPSA) is 32.3 Å². The largest absolute Gasteiger partial charge is 0.361 e. The van der Waals surface area contributed by atoms with Crippen LogP contribution in [0.15, 0.2) is 24.3 Å². The van der Waals surface area contributed by atoms with Crippen molar-refractivity contribution in [3.8, 4) is 0 Å². The number of rotatable bonds is 1. The number of carbonyl (C=O) groups is 1. The number of anilines is 2. The molecule has 1 aromatic rings. The van der Waals surface area contributed by atoms with Gasteiger partial charge in [0, 0.05) is 12.3 Å². The van der Waals surface area contributed by atoms with E-state index in [1.54, 1.807) is 0 Å². The van der Waals surface area contributed by atoms with Crippen LogP contribution in [0.5, 0.6) is 0 Å². The molecule has 0 spiro atoms. The number of hydrogen-bond acceptors (Lipinski definition) is 2. The summed E-state index contributed by atoms with van der Waals surface area (Å²) in [7, 11) is 0. The van der Waals surface area contributed by atoms with Gasteiger partial charge in [0.25, 0.3) is 0 Å². The van der Waals surface area contributed by atoms with E-state index in [4.69, 9.17) is 0 Å². The molecule has 3 nitrogen and oxygen atoms in total. The van der Waals surface area contributed by atoms with Gasteiger partial charge in [-0.05, 0) is 25.5 Å². The number of benzene rings is 1. The van der Waals surface area contributed by atoms with Crippen LogP contribution in [0, 0.1) is 5.92 Å². The lowest BCUT2D eigenvalue weighted by Gasteiger charge is -2.27. The number of carbonyl (C=O) groups excluding carboxylic acids is 1. The van der Waals surface area contributed by atoms with Crippen molar-refractivity contribution in [2.45, 2.75) is 32.4 Å². The monoisotopic (exact) mass is 216 g/mol. The van der Waals surface area contributed by atoms with Gasteiger partial charge in [-0.2, -0.15) is 0 Å². The van der Waals surface area contributed by atoms with Gasteiger partial charge in [-0.15, -0.1) is 0 Å². The summed E-state index contributed by atoms with van der Waals surface area (Å²) in [5.74, 6) is 0.438. The highest BCUT2D eigenvalue weighted by atomic mass is 16.2. The summed E-state index contributed by atoms with van der Waals surface area (Å²) in [5.41, 5.74) is 1.90. The van der Waals surface area contributed by atoms with Crippen molar-refractivity contribution < 1.29 is 4.79 Å². The number of amides is 1. The van der Waals surface area contributed by atoms with E-state index in [9.17, 15) is 4.79 Å². The maximum Gasteiger partial charge on any atom is 0.232 e.